The van der Waals surface area contributed by atoms with Crippen molar-refractivity contribution in [3.05, 3.63) is 22.3 Å². The molecule has 10 heteroatoms. The van der Waals surface area contributed by atoms with E-state index < -0.39 is 11.8 Å². The number of hydrogen-bond donors (Lipinski definition) is 6. The molecule has 0 amide bonds. The lowest BCUT2D eigenvalue weighted by Crippen LogP contribution is -2.36. The lowest BCUT2D eigenvalue weighted by Gasteiger charge is -2.40. The summed E-state index contributed by atoms with van der Waals surface area (Å²) in [5, 5.41) is 0. The van der Waals surface area contributed by atoms with Gasteiger partial charge in [0.15, 0.2) is 11.5 Å². The van der Waals surface area contributed by atoms with Crippen LogP contribution in [0.15, 0.2) is 0 Å². The van der Waals surface area contributed by atoms with Crippen LogP contribution in [0.3, 0.4) is 0 Å². The van der Waals surface area contributed by atoms with E-state index in [0.717, 1.165) is 5.56 Å². The van der Waals surface area contributed by atoms with E-state index in [0.29, 0.717) is 45.3 Å². The van der Waals surface area contributed by atoms with E-state index in [1.54, 1.807) is 6.92 Å². The van der Waals surface area contributed by atoms with Crippen LogP contribution in [-0.4, -0.2) is 19.4 Å². The lowest BCUT2D eigenvalue weighted by atomic mass is 9.61. The average Bonchev–Trinajstić information content (AvgIpc) is 3.38. The molecule has 1 saturated heterocycles. The van der Waals surface area contributed by atoms with Crippen LogP contribution in [0.2, 0.25) is 0 Å². The van der Waals surface area contributed by atoms with Gasteiger partial charge in [-0.2, -0.15) is 0 Å². The number of esters is 1. The highest BCUT2D eigenvalue weighted by Crippen LogP contribution is 2.61. The second kappa shape index (κ2) is 6.16. The highest BCUT2D eigenvalue weighted by Gasteiger charge is 2.54. The maximum absolute atomic E-state index is 13.0. The van der Waals surface area contributed by atoms with Crippen molar-refractivity contribution in [3.8, 4) is 11.5 Å². The second-order valence-electron chi connectivity index (χ2n) is 8.50. The van der Waals surface area contributed by atoms with E-state index in [2.05, 4.69) is 0 Å². The van der Waals surface area contributed by atoms with Crippen LogP contribution in [0.4, 0.5) is 34.1 Å². The van der Waals surface area contributed by atoms with Crippen molar-refractivity contribution in [2.24, 2.45) is 11.8 Å². The number of nitrogen functional groups attached to an aromatic ring is 6. The van der Waals surface area contributed by atoms with Crippen LogP contribution in [0.5, 0.6) is 11.5 Å². The van der Waals surface area contributed by atoms with Crippen molar-refractivity contribution in [3.63, 3.8) is 0 Å². The van der Waals surface area contributed by atoms with Crippen LogP contribution >= 0.6 is 0 Å². The number of rotatable bonds is 1. The molecule has 10 nitrogen and oxygen atoms in total. The molecule has 4 atom stereocenters. The minimum absolute atomic E-state index is 0.0174. The molecule has 2 aliphatic heterocycles. The van der Waals surface area contributed by atoms with Gasteiger partial charge in [-0.3, -0.25) is 4.79 Å². The third kappa shape index (κ3) is 2.24. The van der Waals surface area contributed by atoms with Crippen molar-refractivity contribution in [2.45, 2.75) is 25.7 Å². The van der Waals surface area contributed by atoms with Crippen molar-refractivity contribution in [1.82, 2.24) is 0 Å². The van der Waals surface area contributed by atoms with Crippen molar-refractivity contribution < 1.29 is 19.0 Å². The fraction of sp³-hybridized carbons (Fsp3) is 0.381. The predicted molar refractivity (Wildman–Crippen MR) is 118 cm³/mol. The molecule has 2 aromatic carbocycles. The Kier molecular flexibility index (Phi) is 3.83. The highest BCUT2D eigenvalue weighted by atomic mass is 16.7. The Labute approximate surface area is 178 Å². The summed E-state index contributed by atoms with van der Waals surface area (Å²) < 4.78 is 16.7. The molecule has 2 heterocycles. The average molecular weight is 426 g/mol. The molecule has 0 bridgehead atoms. The largest absolute Gasteiger partial charge is 0.465 e. The van der Waals surface area contributed by atoms with E-state index in [9.17, 15) is 4.79 Å². The summed E-state index contributed by atoms with van der Waals surface area (Å²) in [7, 11) is 0. The Balaban J connectivity index is 1.90. The van der Waals surface area contributed by atoms with Crippen LogP contribution in [0.25, 0.3) is 0 Å². The maximum atomic E-state index is 13.0. The van der Waals surface area contributed by atoms with E-state index in [1.807, 2.05) is 6.92 Å². The number of ether oxygens (including phenoxy) is 3. The summed E-state index contributed by atoms with van der Waals surface area (Å²) in [6, 6.07) is 0. The minimum Gasteiger partial charge on any atom is -0.465 e. The van der Waals surface area contributed by atoms with Crippen molar-refractivity contribution >= 4 is 40.1 Å². The van der Waals surface area contributed by atoms with E-state index >= 15 is 0 Å². The maximum Gasteiger partial charge on any atom is 0.310 e. The van der Waals surface area contributed by atoms with Gasteiger partial charge in [0, 0.05) is 11.8 Å². The summed E-state index contributed by atoms with van der Waals surface area (Å²) in [4.78, 5) is 13.0. The molecule has 0 aromatic heterocycles. The van der Waals surface area contributed by atoms with E-state index in [-0.39, 0.29) is 48.3 Å². The molecule has 164 valence electrons. The molecule has 0 unspecified atom stereocenters. The van der Waals surface area contributed by atoms with Crippen molar-refractivity contribution in [2.75, 3.05) is 47.8 Å². The number of fused-ring (bicyclic) bond motifs is 3. The molecule has 12 N–H and O–H groups in total. The van der Waals surface area contributed by atoms with Gasteiger partial charge < -0.3 is 48.6 Å². The monoisotopic (exact) mass is 426 g/mol. The first-order valence-electron chi connectivity index (χ1n) is 10.1. The molecule has 2 aromatic rings. The number of hydrogen-bond acceptors (Lipinski definition) is 10. The van der Waals surface area contributed by atoms with Gasteiger partial charge >= 0.3 is 5.97 Å². The van der Waals surface area contributed by atoms with Crippen LogP contribution in [0.1, 0.15) is 41.0 Å². The normalized spacial score (nSPS) is 25.8. The molecular weight excluding hydrogens is 400 g/mol. The summed E-state index contributed by atoms with van der Waals surface area (Å²) in [6.07, 6.45) is 0. The topological polar surface area (TPSA) is 201 Å². The number of carbonyl (C=O) groups excluding carboxylic acids is 1. The Morgan fingerprint density at radius 1 is 0.742 bits per heavy atom. The number of anilines is 6. The lowest BCUT2D eigenvalue weighted by molar-refractivity contribution is -0.141. The van der Waals surface area contributed by atoms with Gasteiger partial charge in [-0.25, -0.2) is 0 Å². The predicted octanol–water partition coefficient (Wildman–Crippen LogP) is 1.26. The Morgan fingerprint density at radius 3 is 1.97 bits per heavy atom. The van der Waals surface area contributed by atoms with Crippen molar-refractivity contribution in [1.29, 1.82) is 0 Å². The summed E-state index contributed by atoms with van der Waals surface area (Å²) in [5.74, 6) is -0.884. The van der Waals surface area contributed by atoms with Gasteiger partial charge in [0.05, 0.1) is 46.6 Å². The SMILES string of the molecule is Cc1c(N)c(N)c(N)c(N)c1[C@@H]1c2c(N)c3c(c(N)c2[C@@H](C)[C@H]2COC(=O)[C@H]12)OCO3. The van der Waals surface area contributed by atoms with E-state index in [4.69, 9.17) is 48.6 Å². The third-order valence-corrected chi connectivity index (χ3v) is 7.17. The van der Waals surface area contributed by atoms with Gasteiger partial charge in [0.1, 0.15) is 0 Å². The third-order valence-electron chi connectivity index (χ3n) is 7.17. The van der Waals surface area contributed by atoms with Gasteiger partial charge in [0.25, 0.3) is 0 Å². The Bertz CT molecular complexity index is 1130. The van der Waals surface area contributed by atoms with E-state index in [1.165, 1.54) is 0 Å². The fourth-order valence-corrected chi connectivity index (χ4v) is 5.53. The molecular formula is C21H26N6O4. The van der Waals surface area contributed by atoms with Crippen LogP contribution < -0.4 is 43.9 Å². The number of nitrogens with two attached hydrogens (primary N) is 6. The first-order valence-corrected chi connectivity index (χ1v) is 10.1. The first-order chi connectivity index (χ1) is 14.7. The molecule has 31 heavy (non-hydrogen) atoms. The molecule has 5 rings (SSSR count). The number of benzene rings is 2. The Morgan fingerprint density at radius 2 is 1.32 bits per heavy atom. The van der Waals surface area contributed by atoms with Gasteiger partial charge in [0.2, 0.25) is 6.79 Å². The number of carbonyl (C=O) groups is 1. The fourth-order valence-electron chi connectivity index (χ4n) is 5.53. The van der Waals surface area contributed by atoms with Crippen LogP contribution in [-0.2, 0) is 9.53 Å². The molecule has 3 aliphatic rings. The number of cyclic esters (lactones) is 1. The van der Waals surface area contributed by atoms with Crippen LogP contribution in [0, 0.1) is 18.8 Å². The summed E-state index contributed by atoms with van der Waals surface area (Å²) in [5.41, 5.74) is 42.6. The van der Waals surface area contributed by atoms with Gasteiger partial charge in [-0.05, 0) is 35.1 Å². The first kappa shape index (κ1) is 19.3. The molecule has 0 radical (unpaired) electrons. The zero-order valence-electron chi connectivity index (χ0n) is 17.3. The molecule has 0 saturated carbocycles. The molecule has 1 fully saturated rings. The zero-order valence-corrected chi connectivity index (χ0v) is 17.3. The highest BCUT2D eigenvalue weighted by molar-refractivity contribution is 5.94. The Hall–Kier alpha value is -3.69. The standard InChI is InChI=1S/C21H26N6O4/c1-5-7-3-29-21(28)10(7)11(9-6(2)13(22)17(26)18(27)14(9)23)12-8(5)15(24)19-20(16(12)25)31-4-30-19/h5,7,10-11H,3-4,22-27H2,1-2H3/t5-,7+,10-,11-/m0/s1. The quantitative estimate of drug-likeness (QED) is 0.219. The molecule has 1 aliphatic carbocycles. The second-order valence-corrected chi connectivity index (χ2v) is 8.50. The zero-order chi connectivity index (χ0) is 22.4. The minimum atomic E-state index is -0.576. The van der Waals surface area contributed by atoms with Gasteiger partial charge in [-0.15, -0.1) is 0 Å². The summed E-state index contributed by atoms with van der Waals surface area (Å²) in [6.45, 7) is 4.10. The smallest absolute Gasteiger partial charge is 0.310 e. The molecule has 0 spiro atoms. The van der Waals surface area contributed by atoms with Gasteiger partial charge in [-0.1, -0.05) is 6.92 Å². The summed E-state index contributed by atoms with van der Waals surface area (Å²) >= 11 is 0.